The highest BCUT2D eigenvalue weighted by molar-refractivity contribution is 8.17. The zero-order valence-electron chi connectivity index (χ0n) is 20.5. The van der Waals surface area contributed by atoms with Gasteiger partial charge >= 0.3 is 0 Å². The van der Waals surface area contributed by atoms with E-state index < -0.39 is 0 Å². The minimum Gasteiger partial charge on any atom is -0.353 e. The van der Waals surface area contributed by atoms with Crippen LogP contribution in [0.15, 0.2) is 52.4 Å². The second kappa shape index (κ2) is 14.5. The predicted molar refractivity (Wildman–Crippen MR) is 141 cm³/mol. The highest BCUT2D eigenvalue weighted by Gasteiger charge is 2.27. The second-order valence-corrected chi connectivity index (χ2v) is 10.1. The molecule has 1 unspecified atom stereocenters. The lowest BCUT2D eigenvalue weighted by molar-refractivity contribution is -0.122. The van der Waals surface area contributed by atoms with E-state index >= 15 is 0 Å². The van der Waals surface area contributed by atoms with Crippen LogP contribution in [0.5, 0.6) is 0 Å². The first-order valence-corrected chi connectivity index (χ1v) is 13.2. The molecule has 1 atom stereocenters. The summed E-state index contributed by atoms with van der Waals surface area (Å²) < 4.78 is 0. The van der Waals surface area contributed by atoms with Crippen LogP contribution in [0.2, 0.25) is 0 Å². The standard InChI is InChI=1S/C27H43N3OS/c1-6-23-12-11-17-28-27(32-22(5)19-23)16-15-26(31)29-25(24-13-9-10-14-24)18-21(4)20-30(7-2)8-3/h11-12,19,24-25H,4-10,13-18,20H2,1-3H3,(H,29,31)/b12-11-,23-19-,28-27-. The normalized spacial score (nSPS) is 22.8. The van der Waals surface area contributed by atoms with E-state index in [0.717, 1.165) is 42.4 Å². The molecule has 0 aromatic carbocycles. The maximum Gasteiger partial charge on any atom is 0.220 e. The Morgan fingerprint density at radius 1 is 1.28 bits per heavy atom. The van der Waals surface area contributed by atoms with Gasteiger partial charge in [-0.1, -0.05) is 76.3 Å². The summed E-state index contributed by atoms with van der Waals surface area (Å²) in [5, 5.41) is 4.37. The first-order valence-electron chi connectivity index (χ1n) is 12.4. The van der Waals surface area contributed by atoms with Crippen molar-refractivity contribution < 1.29 is 4.79 Å². The summed E-state index contributed by atoms with van der Waals surface area (Å²) in [6.45, 7) is 18.7. The zero-order chi connectivity index (χ0) is 23.3. The summed E-state index contributed by atoms with van der Waals surface area (Å²) in [6.07, 6.45) is 14.3. The number of nitrogens with zero attached hydrogens (tertiary/aromatic N) is 2. The number of carbonyl (C=O) groups is 1. The van der Waals surface area contributed by atoms with E-state index in [4.69, 9.17) is 0 Å². The van der Waals surface area contributed by atoms with E-state index in [1.165, 1.54) is 36.8 Å². The van der Waals surface area contributed by atoms with Crippen LogP contribution < -0.4 is 5.32 Å². The molecule has 32 heavy (non-hydrogen) atoms. The van der Waals surface area contributed by atoms with Gasteiger partial charge in [0.15, 0.2) is 0 Å². The monoisotopic (exact) mass is 457 g/mol. The summed E-state index contributed by atoms with van der Waals surface area (Å²) in [6, 6.07) is 0.205. The Morgan fingerprint density at radius 2 is 2.00 bits per heavy atom. The molecule has 0 spiro atoms. The molecule has 2 rings (SSSR count). The molecule has 0 saturated heterocycles. The van der Waals surface area contributed by atoms with Crippen molar-refractivity contribution in [3.63, 3.8) is 0 Å². The highest BCUT2D eigenvalue weighted by atomic mass is 32.2. The van der Waals surface area contributed by atoms with Crippen LogP contribution in [-0.4, -0.2) is 48.1 Å². The number of rotatable bonds is 12. The Hall–Kier alpha value is -1.59. The molecule has 1 fully saturated rings. The van der Waals surface area contributed by atoms with E-state index in [2.05, 4.69) is 67.4 Å². The zero-order valence-corrected chi connectivity index (χ0v) is 21.3. The number of thioether (sulfide) groups is 1. The minimum absolute atomic E-state index is 0.131. The van der Waals surface area contributed by atoms with Gasteiger partial charge in [-0.05, 0) is 56.3 Å². The Balaban J connectivity index is 1.92. The Bertz CT molecular complexity index is 727. The summed E-state index contributed by atoms with van der Waals surface area (Å²) in [4.78, 5) is 21.0. The van der Waals surface area contributed by atoms with Gasteiger partial charge in [-0.2, -0.15) is 0 Å². The lowest BCUT2D eigenvalue weighted by Crippen LogP contribution is -2.40. The van der Waals surface area contributed by atoms with Crippen molar-refractivity contribution in [1.82, 2.24) is 10.2 Å². The van der Waals surface area contributed by atoms with Crippen molar-refractivity contribution in [3.8, 4) is 0 Å². The molecule has 1 saturated carbocycles. The average Bonchev–Trinajstić information content (AvgIpc) is 3.33. The van der Waals surface area contributed by atoms with Gasteiger partial charge in [0.05, 0.1) is 11.6 Å². The second-order valence-electron chi connectivity index (χ2n) is 8.91. The number of amides is 1. The number of carbonyl (C=O) groups excluding carboxylic acids is 1. The van der Waals surface area contributed by atoms with Gasteiger partial charge in [0.2, 0.25) is 5.91 Å². The van der Waals surface area contributed by atoms with Gasteiger partial charge in [0, 0.05) is 30.3 Å². The largest absolute Gasteiger partial charge is 0.353 e. The first kappa shape index (κ1) is 26.7. The van der Waals surface area contributed by atoms with Gasteiger partial charge in [-0.15, -0.1) is 0 Å². The summed E-state index contributed by atoms with van der Waals surface area (Å²) in [5.74, 6) is 0.707. The molecule has 0 bridgehead atoms. The Morgan fingerprint density at radius 3 is 2.66 bits per heavy atom. The third-order valence-corrected chi connectivity index (χ3v) is 7.39. The lowest BCUT2D eigenvalue weighted by Gasteiger charge is -2.28. The third-order valence-electron chi connectivity index (χ3n) is 6.44. The molecule has 1 aliphatic heterocycles. The van der Waals surface area contributed by atoms with Crippen molar-refractivity contribution in [1.29, 1.82) is 0 Å². The number of hydrogen-bond donors (Lipinski definition) is 1. The molecule has 1 N–H and O–H groups in total. The van der Waals surface area contributed by atoms with Crippen LogP contribution in [0, 0.1) is 5.92 Å². The van der Waals surface area contributed by atoms with Gasteiger partial charge in [-0.3, -0.25) is 14.7 Å². The molecule has 5 heteroatoms. The lowest BCUT2D eigenvalue weighted by atomic mass is 9.92. The summed E-state index contributed by atoms with van der Waals surface area (Å²) in [5.41, 5.74) is 2.49. The number of hydrogen-bond acceptors (Lipinski definition) is 4. The SMILES string of the molecule is C=C(CC(NC(=O)CC/C1=N/C/C=C\C(CC)=C/C(=C)S1)C1CCCC1)CN(CC)CC. The molecule has 1 amide bonds. The predicted octanol–water partition coefficient (Wildman–Crippen LogP) is 6.28. The van der Waals surface area contributed by atoms with E-state index in [9.17, 15) is 4.79 Å². The van der Waals surface area contributed by atoms with E-state index in [-0.39, 0.29) is 11.9 Å². The van der Waals surface area contributed by atoms with E-state index in [1.54, 1.807) is 11.8 Å². The summed E-state index contributed by atoms with van der Waals surface area (Å²) in [7, 11) is 0. The van der Waals surface area contributed by atoms with Crippen LogP contribution in [0.3, 0.4) is 0 Å². The fraction of sp³-hybridized carbons (Fsp3) is 0.630. The highest BCUT2D eigenvalue weighted by Crippen LogP contribution is 2.30. The average molecular weight is 458 g/mol. The number of likely N-dealkylation sites (N-methyl/N-ethyl adjacent to an activating group) is 1. The molecule has 1 heterocycles. The molecule has 0 radical (unpaired) electrons. The molecule has 0 aromatic heterocycles. The van der Waals surface area contributed by atoms with E-state index in [1.807, 2.05) is 0 Å². The van der Waals surface area contributed by atoms with Crippen LogP contribution in [0.4, 0.5) is 0 Å². The van der Waals surface area contributed by atoms with Crippen molar-refractivity contribution in [3.05, 3.63) is 47.4 Å². The summed E-state index contributed by atoms with van der Waals surface area (Å²) >= 11 is 1.60. The molecular formula is C27H43N3OS. The van der Waals surface area contributed by atoms with Crippen LogP contribution in [0.1, 0.15) is 72.1 Å². The number of allylic oxidation sites excluding steroid dienone is 3. The van der Waals surface area contributed by atoms with Gasteiger partial charge in [-0.25, -0.2) is 0 Å². The fourth-order valence-corrected chi connectivity index (χ4v) is 5.37. The van der Waals surface area contributed by atoms with Gasteiger partial charge < -0.3 is 5.32 Å². The number of aliphatic imine (C=N–C) groups is 1. The number of nitrogens with one attached hydrogen (secondary N) is 1. The molecule has 4 nitrogen and oxygen atoms in total. The van der Waals surface area contributed by atoms with Crippen LogP contribution in [-0.2, 0) is 4.79 Å². The third kappa shape index (κ3) is 9.50. The molecule has 1 aliphatic carbocycles. The molecule has 0 aromatic rings. The maximum absolute atomic E-state index is 12.9. The maximum atomic E-state index is 12.9. The minimum atomic E-state index is 0.131. The smallest absolute Gasteiger partial charge is 0.220 e. The molecule has 178 valence electrons. The Kier molecular flexibility index (Phi) is 12.1. The van der Waals surface area contributed by atoms with Crippen molar-refractivity contribution in [2.45, 2.75) is 78.2 Å². The van der Waals surface area contributed by atoms with Crippen molar-refractivity contribution in [2.75, 3.05) is 26.2 Å². The van der Waals surface area contributed by atoms with Crippen molar-refractivity contribution in [2.24, 2.45) is 10.9 Å². The van der Waals surface area contributed by atoms with Crippen LogP contribution in [0.25, 0.3) is 0 Å². The van der Waals surface area contributed by atoms with Gasteiger partial charge in [0.25, 0.3) is 0 Å². The van der Waals surface area contributed by atoms with Crippen LogP contribution >= 0.6 is 11.8 Å². The van der Waals surface area contributed by atoms with E-state index in [0.29, 0.717) is 25.3 Å². The fourth-order valence-electron chi connectivity index (χ4n) is 4.51. The molecule has 2 aliphatic rings. The van der Waals surface area contributed by atoms with Crippen molar-refractivity contribution >= 4 is 22.7 Å². The topological polar surface area (TPSA) is 44.7 Å². The quantitative estimate of drug-likeness (QED) is 0.351. The van der Waals surface area contributed by atoms with Gasteiger partial charge in [0.1, 0.15) is 0 Å². The molecular weight excluding hydrogens is 414 g/mol. The Labute approximate surface area is 200 Å². The first-order chi connectivity index (χ1) is 15.4.